The third kappa shape index (κ3) is 5.23. The van der Waals surface area contributed by atoms with Crippen LogP contribution in [0.5, 0.6) is 5.75 Å². The van der Waals surface area contributed by atoms with Crippen molar-refractivity contribution >= 4 is 37.4 Å². The van der Waals surface area contributed by atoms with Crippen LogP contribution in [-0.2, 0) is 10.0 Å². The van der Waals surface area contributed by atoms with E-state index in [0.717, 1.165) is 28.7 Å². The van der Waals surface area contributed by atoms with Crippen LogP contribution in [0.25, 0.3) is 16.9 Å². The summed E-state index contributed by atoms with van der Waals surface area (Å²) in [4.78, 5) is 5.02. The molecule has 10 heteroatoms. The average Bonchev–Trinajstić information content (AvgIpc) is 3.28. The van der Waals surface area contributed by atoms with E-state index < -0.39 is 10.0 Å². The van der Waals surface area contributed by atoms with Gasteiger partial charge in [0.2, 0.25) is 10.0 Å². The summed E-state index contributed by atoms with van der Waals surface area (Å²) in [7, 11) is -3.56. The molecule has 0 amide bonds. The molecular weight excluding hydrogens is 554 g/mol. The summed E-state index contributed by atoms with van der Waals surface area (Å²) in [6.07, 6.45) is 3.41. The molecule has 1 aliphatic heterocycles. The van der Waals surface area contributed by atoms with Gasteiger partial charge in [-0.2, -0.15) is 13.9 Å². The van der Waals surface area contributed by atoms with Gasteiger partial charge in [-0.25, -0.2) is 13.4 Å². The Morgan fingerprint density at radius 2 is 1.92 bits per heavy atom. The lowest BCUT2D eigenvalue weighted by atomic mass is 10.00. The quantitative estimate of drug-likeness (QED) is 0.298. The molecule has 0 spiro atoms. The van der Waals surface area contributed by atoms with Crippen molar-refractivity contribution in [3.63, 3.8) is 0 Å². The van der Waals surface area contributed by atoms with Crippen LogP contribution in [0, 0.1) is 5.92 Å². The lowest BCUT2D eigenvalue weighted by molar-refractivity contribution is 0.275. The highest BCUT2D eigenvalue weighted by Gasteiger charge is 2.30. The van der Waals surface area contributed by atoms with E-state index >= 15 is 0 Å². The maximum atomic E-state index is 13.4. The van der Waals surface area contributed by atoms with Crippen molar-refractivity contribution < 1.29 is 13.5 Å². The standard InChI is InChI=1S/C27H30BrN5O3S/c1-18(2)20-9-11-21(12-10-20)37(35,36)32-13-5-6-19(17-32)15-29-26-14-24(22-7-3-4-8-25(22)34)31-27-23(28)16-30-33(26)27/h3-4,7-12,14,16,18-19,29,34H,5-6,13,15,17H2,1-2H3. The first-order valence-electron chi connectivity index (χ1n) is 12.4. The van der Waals surface area contributed by atoms with Gasteiger partial charge in [0.05, 0.1) is 21.3 Å². The highest BCUT2D eigenvalue weighted by Crippen LogP contribution is 2.32. The summed E-state index contributed by atoms with van der Waals surface area (Å²) in [5.74, 6) is 1.35. The van der Waals surface area contributed by atoms with Crippen LogP contribution in [-0.4, -0.2) is 52.1 Å². The van der Waals surface area contributed by atoms with Gasteiger partial charge in [-0.15, -0.1) is 0 Å². The van der Waals surface area contributed by atoms with Crippen LogP contribution in [0.3, 0.4) is 0 Å². The highest BCUT2D eigenvalue weighted by molar-refractivity contribution is 9.10. The molecule has 0 saturated carbocycles. The molecule has 8 nitrogen and oxygen atoms in total. The van der Waals surface area contributed by atoms with Crippen LogP contribution in [0.2, 0.25) is 0 Å². The average molecular weight is 585 g/mol. The normalized spacial score (nSPS) is 16.9. The number of anilines is 1. The monoisotopic (exact) mass is 583 g/mol. The van der Waals surface area contributed by atoms with Crippen molar-refractivity contribution in [2.24, 2.45) is 5.92 Å². The molecule has 37 heavy (non-hydrogen) atoms. The van der Waals surface area contributed by atoms with Gasteiger partial charge in [-0.05, 0) is 70.4 Å². The minimum Gasteiger partial charge on any atom is -0.507 e. The second-order valence-corrected chi connectivity index (χ2v) is 12.5. The Balaban J connectivity index is 1.35. The third-order valence-electron chi connectivity index (χ3n) is 6.85. The Morgan fingerprint density at radius 1 is 1.16 bits per heavy atom. The van der Waals surface area contributed by atoms with E-state index in [9.17, 15) is 13.5 Å². The molecule has 1 fully saturated rings. The predicted molar refractivity (Wildman–Crippen MR) is 148 cm³/mol. The SMILES string of the molecule is CC(C)c1ccc(S(=O)(=O)N2CCCC(CNc3cc(-c4ccccc4O)nc4c(Br)cnn34)C2)cc1. The van der Waals surface area contributed by atoms with Crippen molar-refractivity contribution in [2.45, 2.75) is 37.5 Å². The van der Waals surface area contributed by atoms with Crippen molar-refractivity contribution in [3.8, 4) is 17.0 Å². The van der Waals surface area contributed by atoms with E-state index in [2.05, 4.69) is 45.2 Å². The molecular formula is C27H30BrN5O3S. The smallest absolute Gasteiger partial charge is 0.243 e. The molecule has 2 N–H and O–H groups in total. The fourth-order valence-corrected chi connectivity index (χ4v) is 6.63. The van der Waals surface area contributed by atoms with Gasteiger partial charge in [-0.1, -0.05) is 38.1 Å². The van der Waals surface area contributed by atoms with Gasteiger partial charge in [0.1, 0.15) is 11.6 Å². The zero-order valence-corrected chi connectivity index (χ0v) is 23.2. The van der Waals surface area contributed by atoms with Crippen molar-refractivity contribution in [1.82, 2.24) is 18.9 Å². The largest absolute Gasteiger partial charge is 0.507 e. The van der Waals surface area contributed by atoms with E-state index in [1.807, 2.05) is 30.3 Å². The number of phenolic OH excluding ortho intramolecular Hbond substituents is 1. The molecule has 2 aromatic heterocycles. The number of para-hydroxylation sites is 1. The van der Waals surface area contributed by atoms with Crippen LogP contribution in [0.1, 0.15) is 38.2 Å². The number of nitrogens with one attached hydrogen (secondary N) is 1. The number of phenols is 1. The van der Waals surface area contributed by atoms with Gasteiger partial charge in [0.25, 0.3) is 0 Å². The van der Waals surface area contributed by atoms with Crippen molar-refractivity contribution in [2.75, 3.05) is 25.0 Å². The van der Waals surface area contributed by atoms with Crippen molar-refractivity contribution in [3.05, 3.63) is 70.8 Å². The zero-order chi connectivity index (χ0) is 26.2. The van der Waals surface area contributed by atoms with Crippen LogP contribution < -0.4 is 5.32 Å². The van der Waals surface area contributed by atoms with E-state index in [-0.39, 0.29) is 11.7 Å². The molecule has 4 aromatic rings. The number of nitrogens with zero attached hydrogens (tertiary/aromatic N) is 4. The third-order valence-corrected chi connectivity index (χ3v) is 9.29. The minimum atomic E-state index is -3.56. The first-order chi connectivity index (χ1) is 17.7. The number of halogens is 1. The molecule has 0 aliphatic carbocycles. The zero-order valence-electron chi connectivity index (χ0n) is 20.8. The number of piperidine rings is 1. The van der Waals surface area contributed by atoms with Gasteiger partial charge in [0.15, 0.2) is 5.65 Å². The number of rotatable bonds is 7. The minimum absolute atomic E-state index is 0.134. The molecule has 0 bridgehead atoms. The highest BCUT2D eigenvalue weighted by atomic mass is 79.9. The summed E-state index contributed by atoms with van der Waals surface area (Å²) in [5, 5.41) is 18.3. The van der Waals surface area contributed by atoms with Crippen molar-refractivity contribution in [1.29, 1.82) is 0 Å². The number of sulfonamides is 1. The predicted octanol–water partition coefficient (Wildman–Crippen LogP) is 5.50. The molecule has 1 atom stereocenters. The number of benzene rings is 2. The second kappa shape index (κ2) is 10.4. The molecule has 5 rings (SSSR count). The first kappa shape index (κ1) is 25.7. The lowest BCUT2D eigenvalue weighted by Crippen LogP contribution is -2.41. The van der Waals surface area contributed by atoms with Gasteiger partial charge < -0.3 is 10.4 Å². The van der Waals surface area contributed by atoms with Crippen LogP contribution in [0.4, 0.5) is 5.82 Å². The fourth-order valence-electron chi connectivity index (χ4n) is 4.72. The van der Waals surface area contributed by atoms with Gasteiger partial charge in [-0.3, -0.25) is 0 Å². The summed E-state index contributed by atoms with van der Waals surface area (Å²) in [6.45, 7) is 5.74. The molecule has 0 radical (unpaired) electrons. The Morgan fingerprint density at radius 3 is 2.65 bits per heavy atom. The van der Waals surface area contributed by atoms with E-state index in [1.54, 1.807) is 39.3 Å². The summed E-state index contributed by atoms with van der Waals surface area (Å²) in [5.41, 5.74) is 2.99. The molecule has 1 unspecified atom stereocenters. The second-order valence-electron chi connectivity index (χ2n) is 9.75. The topological polar surface area (TPSA) is 99.8 Å². The molecule has 1 aliphatic rings. The molecule has 3 heterocycles. The maximum absolute atomic E-state index is 13.4. The number of fused-ring (bicyclic) bond motifs is 1. The summed E-state index contributed by atoms with van der Waals surface area (Å²) >= 11 is 3.51. The summed E-state index contributed by atoms with van der Waals surface area (Å²) < 4.78 is 30.8. The van der Waals surface area contributed by atoms with E-state index in [1.165, 1.54) is 0 Å². The van der Waals surface area contributed by atoms with Crippen LogP contribution >= 0.6 is 15.9 Å². The fraction of sp³-hybridized carbons (Fsp3) is 0.333. The van der Waals surface area contributed by atoms with E-state index in [0.29, 0.717) is 47.4 Å². The van der Waals surface area contributed by atoms with E-state index in [4.69, 9.17) is 0 Å². The first-order valence-corrected chi connectivity index (χ1v) is 14.6. The maximum Gasteiger partial charge on any atom is 0.243 e. The Bertz CT molecular complexity index is 1520. The number of hydrogen-bond donors (Lipinski definition) is 2. The number of aromatic nitrogens is 3. The van der Waals surface area contributed by atoms with Gasteiger partial charge >= 0.3 is 0 Å². The molecule has 1 saturated heterocycles. The molecule has 194 valence electrons. The van der Waals surface area contributed by atoms with Gasteiger partial charge in [0, 0.05) is 31.3 Å². The summed E-state index contributed by atoms with van der Waals surface area (Å²) in [6, 6.07) is 16.2. The Hall–Kier alpha value is -2.95. The molecule has 2 aromatic carbocycles. The Labute approximate surface area is 225 Å². The van der Waals surface area contributed by atoms with Crippen LogP contribution in [0.15, 0.2) is 70.2 Å². The lowest BCUT2D eigenvalue weighted by Gasteiger charge is -2.32. The number of aromatic hydroxyl groups is 1. The Kier molecular flexibility index (Phi) is 7.24. The number of hydrogen-bond acceptors (Lipinski definition) is 6.